The monoisotopic (exact) mass is 464 g/mol. The van der Waals surface area contributed by atoms with Gasteiger partial charge in [0.1, 0.15) is 6.54 Å². The number of alkyl halides is 3. The second-order valence-corrected chi connectivity index (χ2v) is 8.96. The first kappa shape index (κ1) is 21.6. The number of rotatable bonds is 4. The third-order valence-corrected chi connectivity index (χ3v) is 6.50. The van der Waals surface area contributed by atoms with Gasteiger partial charge in [0.05, 0.1) is 16.1 Å². The number of pyridine rings is 1. The van der Waals surface area contributed by atoms with Gasteiger partial charge in [-0.15, -0.1) is 0 Å². The summed E-state index contributed by atoms with van der Waals surface area (Å²) in [5, 5.41) is 0.649. The van der Waals surface area contributed by atoms with E-state index in [2.05, 4.69) is 4.98 Å². The molecule has 0 bridgehead atoms. The molecule has 1 aliphatic heterocycles. The second kappa shape index (κ2) is 7.48. The Balaban J connectivity index is 1.61. The van der Waals surface area contributed by atoms with Crippen molar-refractivity contribution < 1.29 is 31.2 Å². The van der Waals surface area contributed by atoms with Crippen LogP contribution >= 0.6 is 0 Å². The smallest absolute Gasteiger partial charge is 0.398 e. The van der Waals surface area contributed by atoms with Crippen LogP contribution in [0.25, 0.3) is 10.9 Å². The summed E-state index contributed by atoms with van der Waals surface area (Å²) >= 11 is 0. The Hall–Kier alpha value is -3.67. The lowest BCUT2D eigenvalue weighted by Crippen LogP contribution is -2.33. The number of benzene rings is 2. The number of carbonyl (C=O) groups excluding carboxylic acids is 2. The summed E-state index contributed by atoms with van der Waals surface area (Å²) in [4.78, 5) is 30.6. The minimum absolute atomic E-state index is 0.0391. The van der Waals surface area contributed by atoms with Crippen LogP contribution in [0.1, 0.15) is 5.56 Å². The highest BCUT2D eigenvalue weighted by molar-refractivity contribution is 7.92. The molecule has 0 atom stereocenters. The molecule has 1 saturated heterocycles. The molecule has 32 heavy (non-hydrogen) atoms. The molecule has 8 nitrogen and oxygen atoms in total. The van der Waals surface area contributed by atoms with Crippen molar-refractivity contribution in [2.75, 3.05) is 17.2 Å². The Labute approximate surface area is 180 Å². The highest BCUT2D eigenvalue weighted by Crippen LogP contribution is 2.32. The first-order valence-corrected chi connectivity index (χ1v) is 10.6. The molecule has 166 valence electrons. The standard InChI is InChI=1S/C20H15F3N4O4S/c21-20(22,23)32(30,31)14-6-4-13(5-7-14)27-17(28)11-26(19(27)29)10-12-8-9-25-16-3-1-2-15(24)18(12)16/h1-9H,10-11,24H2. The number of urea groups is 1. The summed E-state index contributed by atoms with van der Waals surface area (Å²) < 4.78 is 61.2. The van der Waals surface area contributed by atoms with Gasteiger partial charge in [0.15, 0.2) is 0 Å². The van der Waals surface area contributed by atoms with Crippen LogP contribution in [0.2, 0.25) is 0 Å². The average Bonchev–Trinajstić information content (AvgIpc) is 3.00. The van der Waals surface area contributed by atoms with Crippen molar-refractivity contribution in [2.45, 2.75) is 16.9 Å². The average molecular weight is 464 g/mol. The van der Waals surface area contributed by atoms with Crippen LogP contribution < -0.4 is 10.6 Å². The molecular weight excluding hydrogens is 449 g/mol. The van der Waals surface area contributed by atoms with Crippen LogP contribution in [0.4, 0.5) is 29.3 Å². The van der Waals surface area contributed by atoms with Crippen LogP contribution in [-0.2, 0) is 21.2 Å². The molecule has 0 saturated carbocycles. The van der Waals surface area contributed by atoms with Crippen LogP contribution in [-0.4, -0.2) is 42.3 Å². The van der Waals surface area contributed by atoms with Crippen LogP contribution in [0.3, 0.4) is 0 Å². The predicted octanol–water partition coefficient (Wildman–Crippen LogP) is 3.08. The highest BCUT2D eigenvalue weighted by Gasteiger charge is 2.47. The number of aromatic nitrogens is 1. The molecule has 1 fully saturated rings. The molecule has 2 aromatic carbocycles. The van der Waals surface area contributed by atoms with Crippen molar-refractivity contribution in [3.05, 3.63) is 60.3 Å². The van der Waals surface area contributed by atoms with Gasteiger partial charge in [0, 0.05) is 23.8 Å². The first-order valence-electron chi connectivity index (χ1n) is 9.16. The lowest BCUT2D eigenvalue weighted by atomic mass is 10.1. The van der Waals surface area contributed by atoms with Crippen LogP contribution in [0.5, 0.6) is 0 Å². The maximum absolute atomic E-state index is 12.9. The Bertz CT molecular complexity index is 1340. The van der Waals surface area contributed by atoms with Crippen molar-refractivity contribution in [2.24, 2.45) is 0 Å². The molecule has 3 amide bonds. The lowest BCUT2D eigenvalue weighted by Gasteiger charge is -2.18. The second-order valence-electron chi connectivity index (χ2n) is 7.02. The quantitative estimate of drug-likeness (QED) is 0.469. The molecule has 0 aliphatic carbocycles. The molecule has 0 spiro atoms. The van der Waals surface area contributed by atoms with Crippen LogP contribution in [0, 0.1) is 0 Å². The Morgan fingerprint density at radius 3 is 2.38 bits per heavy atom. The number of sulfone groups is 1. The molecule has 0 radical (unpaired) electrons. The van der Waals surface area contributed by atoms with E-state index in [1.165, 1.54) is 4.90 Å². The summed E-state index contributed by atoms with van der Waals surface area (Å²) in [6.45, 7) is -0.215. The van der Waals surface area contributed by atoms with Crippen molar-refractivity contribution in [3.8, 4) is 0 Å². The molecule has 4 rings (SSSR count). The third-order valence-electron chi connectivity index (χ3n) is 4.99. The number of imide groups is 1. The minimum Gasteiger partial charge on any atom is -0.398 e. The number of halogens is 3. The molecule has 3 aromatic rings. The van der Waals surface area contributed by atoms with Gasteiger partial charge in [-0.2, -0.15) is 13.2 Å². The van der Waals surface area contributed by atoms with E-state index in [1.54, 1.807) is 30.5 Å². The molecule has 12 heteroatoms. The van der Waals surface area contributed by atoms with E-state index in [4.69, 9.17) is 5.73 Å². The summed E-state index contributed by atoms with van der Waals surface area (Å²) in [6, 6.07) is 9.55. The summed E-state index contributed by atoms with van der Waals surface area (Å²) in [7, 11) is -5.54. The fraction of sp³-hybridized carbons (Fsp3) is 0.150. The highest BCUT2D eigenvalue weighted by atomic mass is 32.2. The Morgan fingerprint density at radius 2 is 1.72 bits per heavy atom. The number of carbonyl (C=O) groups is 2. The lowest BCUT2D eigenvalue weighted by molar-refractivity contribution is -0.116. The van der Waals surface area contributed by atoms with Gasteiger partial charge in [0.25, 0.3) is 15.7 Å². The largest absolute Gasteiger partial charge is 0.501 e. The molecule has 1 aliphatic rings. The van der Waals surface area contributed by atoms with Gasteiger partial charge in [0.2, 0.25) is 0 Å². The van der Waals surface area contributed by atoms with Crippen molar-refractivity contribution in [3.63, 3.8) is 0 Å². The summed E-state index contributed by atoms with van der Waals surface area (Å²) in [6.07, 6.45) is 1.55. The molecule has 0 unspecified atom stereocenters. The van der Waals surface area contributed by atoms with Gasteiger partial charge in [-0.05, 0) is 48.0 Å². The normalized spacial score (nSPS) is 15.1. The van der Waals surface area contributed by atoms with Crippen molar-refractivity contribution in [1.82, 2.24) is 9.88 Å². The van der Waals surface area contributed by atoms with Gasteiger partial charge >= 0.3 is 11.5 Å². The van der Waals surface area contributed by atoms with E-state index >= 15 is 0 Å². The number of nitrogen functional groups attached to an aromatic ring is 1. The fourth-order valence-electron chi connectivity index (χ4n) is 3.48. The maximum Gasteiger partial charge on any atom is 0.501 e. The topological polar surface area (TPSA) is 114 Å². The number of fused-ring (bicyclic) bond motifs is 1. The first-order chi connectivity index (χ1) is 15.0. The number of amides is 3. The molecular formula is C20H15F3N4O4S. The zero-order chi connectivity index (χ0) is 23.3. The number of hydrogen-bond donors (Lipinski definition) is 1. The number of anilines is 2. The minimum atomic E-state index is -5.54. The van der Waals surface area contributed by atoms with Crippen molar-refractivity contribution >= 4 is 44.1 Å². The van der Waals surface area contributed by atoms with E-state index < -0.39 is 32.2 Å². The Kier molecular flexibility index (Phi) is 5.04. The molecule has 1 aromatic heterocycles. The van der Waals surface area contributed by atoms with E-state index in [9.17, 15) is 31.2 Å². The number of hydrogen-bond acceptors (Lipinski definition) is 6. The summed E-state index contributed by atoms with van der Waals surface area (Å²) in [5.74, 6) is -0.604. The number of nitrogens with zero attached hydrogens (tertiary/aromatic N) is 3. The van der Waals surface area contributed by atoms with Gasteiger partial charge < -0.3 is 10.6 Å². The van der Waals surface area contributed by atoms with Gasteiger partial charge in [-0.25, -0.2) is 18.1 Å². The fourth-order valence-corrected chi connectivity index (χ4v) is 4.24. The third kappa shape index (κ3) is 3.51. The zero-order valence-corrected chi connectivity index (χ0v) is 17.0. The zero-order valence-electron chi connectivity index (χ0n) is 16.2. The van der Waals surface area contributed by atoms with E-state index in [1.807, 2.05) is 0 Å². The SMILES string of the molecule is Nc1cccc2nccc(CN3CC(=O)N(c4ccc(S(=O)(=O)C(F)(F)F)cc4)C3=O)c12. The van der Waals surface area contributed by atoms with E-state index in [-0.39, 0.29) is 18.8 Å². The molecule has 2 heterocycles. The van der Waals surface area contributed by atoms with Crippen molar-refractivity contribution in [1.29, 1.82) is 0 Å². The molecule has 2 N–H and O–H groups in total. The predicted molar refractivity (Wildman–Crippen MR) is 109 cm³/mol. The van der Waals surface area contributed by atoms with E-state index in [0.717, 1.165) is 17.0 Å². The van der Waals surface area contributed by atoms with Gasteiger partial charge in [-0.3, -0.25) is 9.78 Å². The maximum atomic E-state index is 12.9. The number of nitrogens with two attached hydrogens (primary N) is 1. The Morgan fingerprint density at radius 1 is 1.03 bits per heavy atom. The summed E-state index contributed by atoms with van der Waals surface area (Å²) in [5.41, 5.74) is 2.30. The van der Waals surface area contributed by atoms with E-state index in [0.29, 0.717) is 34.3 Å². The van der Waals surface area contributed by atoms with Crippen LogP contribution in [0.15, 0.2) is 59.6 Å². The van der Waals surface area contributed by atoms with Gasteiger partial charge in [-0.1, -0.05) is 6.07 Å².